The number of hydrogen-bond donors (Lipinski definition) is 0. The van der Waals surface area contributed by atoms with E-state index in [4.69, 9.17) is 13.9 Å². The van der Waals surface area contributed by atoms with E-state index in [1.165, 1.54) is 0 Å². The van der Waals surface area contributed by atoms with Crippen LogP contribution in [0.25, 0.3) is 0 Å². The molecule has 182 valence electrons. The van der Waals surface area contributed by atoms with Crippen LogP contribution < -0.4 is 9.47 Å². The van der Waals surface area contributed by atoms with Crippen LogP contribution in [0.3, 0.4) is 0 Å². The van der Waals surface area contributed by atoms with Gasteiger partial charge in [0, 0.05) is 18.2 Å². The number of rotatable bonds is 8. The van der Waals surface area contributed by atoms with Gasteiger partial charge in [0.15, 0.2) is 11.5 Å². The molecule has 1 aromatic heterocycles. The van der Waals surface area contributed by atoms with Crippen LogP contribution in [0.1, 0.15) is 53.8 Å². The molecule has 1 fully saturated rings. The van der Waals surface area contributed by atoms with Crippen molar-refractivity contribution in [3.8, 4) is 11.5 Å². The first-order chi connectivity index (χ1) is 17.2. The summed E-state index contributed by atoms with van der Waals surface area (Å²) in [7, 11) is 0. The summed E-state index contributed by atoms with van der Waals surface area (Å²) in [5.41, 5.74) is 1.53. The third-order valence-corrected chi connectivity index (χ3v) is 6.70. The fourth-order valence-electron chi connectivity index (χ4n) is 4.83. The molecule has 7 heteroatoms. The smallest absolute Gasteiger partial charge is 0.254 e. The molecule has 2 aliphatic rings. The van der Waals surface area contributed by atoms with E-state index < -0.39 is 0 Å². The summed E-state index contributed by atoms with van der Waals surface area (Å²) in [6.45, 7) is 0.957. The number of fused-ring (bicyclic) bond motifs is 1. The van der Waals surface area contributed by atoms with Crippen molar-refractivity contribution in [2.45, 2.75) is 51.2 Å². The fourth-order valence-corrected chi connectivity index (χ4v) is 4.83. The Labute approximate surface area is 205 Å². The molecule has 5 rings (SSSR count). The first-order valence-electron chi connectivity index (χ1n) is 12.2. The third-order valence-electron chi connectivity index (χ3n) is 6.70. The highest BCUT2D eigenvalue weighted by Gasteiger charge is 2.31. The van der Waals surface area contributed by atoms with E-state index >= 15 is 0 Å². The summed E-state index contributed by atoms with van der Waals surface area (Å²) in [6.07, 6.45) is 6.70. The van der Waals surface area contributed by atoms with Crippen LogP contribution in [0.5, 0.6) is 11.5 Å². The van der Waals surface area contributed by atoms with E-state index in [9.17, 15) is 9.59 Å². The summed E-state index contributed by atoms with van der Waals surface area (Å²) in [4.78, 5) is 30.9. The molecule has 1 saturated carbocycles. The lowest BCUT2D eigenvalue weighted by Crippen LogP contribution is -2.48. The minimum absolute atomic E-state index is 0.0193. The standard InChI is InChI=1S/C28H30N2O5/c31-27(29(18-24-12-7-15-33-24)17-21-8-3-1-4-9-21)19-30(23-10-5-2-6-11-23)28(32)22-13-14-25-26(16-22)35-20-34-25/h1,3-4,7-9,12-16,23H,2,5-6,10-11,17-20H2. The first kappa shape index (κ1) is 23.0. The number of carbonyl (C=O) groups is 2. The van der Waals surface area contributed by atoms with Gasteiger partial charge in [0.2, 0.25) is 12.7 Å². The molecule has 2 aromatic carbocycles. The Morgan fingerprint density at radius 1 is 0.857 bits per heavy atom. The van der Waals surface area contributed by atoms with Crippen LogP contribution in [0.4, 0.5) is 0 Å². The average Bonchev–Trinajstić information content (AvgIpc) is 3.59. The second-order valence-electron chi connectivity index (χ2n) is 9.11. The highest BCUT2D eigenvalue weighted by Crippen LogP contribution is 2.33. The molecule has 0 saturated heterocycles. The Balaban J connectivity index is 1.39. The van der Waals surface area contributed by atoms with Gasteiger partial charge in [-0.15, -0.1) is 0 Å². The number of nitrogens with zero attached hydrogens (tertiary/aromatic N) is 2. The maximum Gasteiger partial charge on any atom is 0.254 e. The van der Waals surface area contributed by atoms with Gasteiger partial charge in [-0.2, -0.15) is 0 Å². The fraction of sp³-hybridized carbons (Fsp3) is 0.357. The SMILES string of the molecule is O=C(CN(C(=O)c1ccc2c(c1)OCO2)C1CCCCC1)N(Cc1ccccc1)Cc1ccco1. The summed E-state index contributed by atoms with van der Waals surface area (Å²) in [5, 5.41) is 0. The van der Waals surface area contributed by atoms with E-state index in [1.54, 1.807) is 34.3 Å². The van der Waals surface area contributed by atoms with Gasteiger partial charge in [-0.05, 0) is 48.7 Å². The second-order valence-corrected chi connectivity index (χ2v) is 9.11. The van der Waals surface area contributed by atoms with Crippen molar-refractivity contribution < 1.29 is 23.5 Å². The van der Waals surface area contributed by atoms with Crippen LogP contribution in [0.2, 0.25) is 0 Å². The molecule has 0 radical (unpaired) electrons. The molecule has 1 aliphatic heterocycles. The summed E-state index contributed by atoms with van der Waals surface area (Å²) in [5.74, 6) is 1.65. The van der Waals surface area contributed by atoms with Gasteiger partial charge in [-0.25, -0.2) is 0 Å². The van der Waals surface area contributed by atoms with Crippen molar-refractivity contribution in [2.24, 2.45) is 0 Å². The number of ether oxygens (including phenoxy) is 2. The van der Waals surface area contributed by atoms with E-state index in [2.05, 4.69) is 0 Å². The molecule has 0 spiro atoms. The molecule has 0 bridgehead atoms. The van der Waals surface area contributed by atoms with Crippen molar-refractivity contribution in [3.05, 3.63) is 83.8 Å². The van der Waals surface area contributed by atoms with Gasteiger partial charge in [0.25, 0.3) is 5.91 Å². The third kappa shape index (κ3) is 5.50. The largest absolute Gasteiger partial charge is 0.467 e. The van der Waals surface area contributed by atoms with Crippen LogP contribution in [-0.2, 0) is 17.9 Å². The average molecular weight is 475 g/mol. The molecule has 2 amide bonds. The highest BCUT2D eigenvalue weighted by molar-refractivity contribution is 5.97. The molecule has 2 heterocycles. The molecule has 0 atom stereocenters. The minimum Gasteiger partial charge on any atom is -0.467 e. The zero-order valence-corrected chi connectivity index (χ0v) is 19.7. The summed E-state index contributed by atoms with van der Waals surface area (Å²) < 4.78 is 16.4. The lowest BCUT2D eigenvalue weighted by Gasteiger charge is -2.35. The van der Waals surface area contributed by atoms with E-state index in [-0.39, 0.29) is 31.2 Å². The zero-order valence-electron chi connectivity index (χ0n) is 19.7. The van der Waals surface area contributed by atoms with Crippen LogP contribution in [-0.4, -0.2) is 41.0 Å². The van der Waals surface area contributed by atoms with Crippen molar-refractivity contribution in [2.75, 3.05) is 13.3 Å². The molecular formula is C28H30N2O5. The quantitative estimate of drug-likeness (QED) is 0.459. The van der Waals surface area contributed by atoms with Crippen molar-refractivity contribution in [1.82, 2.24) is 9.80 Å². The molecule has 1 aliphatic carbocycles. The molecule has 35 heavy (non-hydrogen) atoms. The van der Waals surface area contributed by atoms with Crippen LogP contribution in [0.15, 0.2) is 71.3 Å². The van der Waals surface area contributed by atoms with E-state index in [0.29, 0.717) is 35.9 Å². The minimum atomic E-state index is -0.152. The number of hydrogen-bond acceptors (Lipinski definition) is 5. The van der Waals surface area contributed by atoms with Crippen LogP contribution in [0, 0.1) is 0 Å². The summed E-state index contributed by atoms with van der Waals surface area (Å²) in [6, 6.07) is 18.8. The lowest BCUT2D eigenvalue weighted by molar-refractivity contribution is -0.134. The predicted octanol–water partition coefficient (Wildman–Crippen LogP) is 5.01. The second kappa shape index (κ2) is 10.7. The monoisotopic (exact) mass is 474 g/mol. The van der Waals surface area contributed by atoms with Crippen LogP contribution >= 0.6 is 0 Å². The molecule has 3 aromatic rings. The predicted molar refractivity (Wildman–Crippen MR) is 130 cm³/mol. The van der Waals surface area contributed by atoms with Crippen molar-refractivity contribution in [3.63, 3.8) is 0 Å². The van der Waals surface area contributed by atoms with Gasteiger partial charge in [-0.1, -0.05) is 49.6 Å². The summed E-state index contributed by atoms with van der Waals surface area (Å²) >= 11 is 0. The molecule has 0 unspecified atom stereocenters. The molecular weight excluding hydrogens is 444 g/mol. The Kier molecular flexibility index (Phi) is 7.02. The highest BCUT2D eigenvalue weighted by atomic mass is 16.7. The van der Waals surface area contributed by atoms with Gasteiger partial charge < -0.3 is 23.7 Å². The lowest BCUT2D eigenvalue weighted by atomic mass is 9.93. The first-order valence-corrected chi connectivity index (χ1v) is 12.2. The number of amides is 2. The Morgan fingerprint density at radius 2 is 1.66 bits per heavy atom. The number of furan rings is 1. The normalized spacial score (nSPS) is 15.1. The maximum absolute atomic E-state index is 13.7. The molecule has 7 nitrogen and oxygen atoms in total. The van der Waals surface area contributed by atoms with Crippen molar-refractivity contribution >= 4 is 11.8 Å². The van der Waals surface area contributed by atoms with Gasteiger partial charge in [0.05, 0.1) is 12.8 Å². The van der Waals surface area contributed by atoms with Gasteiger partial charge in [0.1, 0.15) is 12.3 Å². The molecule has 0 N–H and O–H groups in total. The maximum atomic E-state index is 13.7. The van der Waals surface area contributed by atoms with E-state index in [0.717, 1.165) is 37.7 Å². The van der Waals surface area contributed by atoms with Gasteiger partial charge in [-0.3, -0.25) is 9.59 Å². The van der Waals surface area contributed by atoms with E-state index in [1.807, 2.05) is 42.5 Å². The number of carbonyl (C=O) groups excluding carboxylic acids is 2. The Morgan fingerprint density at radius 3 is 2.43 bits per heavy atom. The van der Waals surface area contributed by atoms with Gasteiger partial charge >= 0.3 is 0 Å². The number of benzene rings is 2. The zero-order chi connectivity index (χ0) is 24.0. The Hall–Kier alpha value is -3.74. The topological polar surface area (TPSA) is 72.2 Å². The Bertz CT molecular complexity index is 1140. The van der Waals surface area contributed by atoms with Crippen molar-refractivity contribution in [1.29, 1.82) is 0 Å².